The van der Waals surface area contributed by atoms with Crippen molar-refractivity contribution in [3.63, 3.8) is 0 Å². The minimum atomic E-state index is -0.294. The van der Waals surface area contributed by atoms with Crippen molar-refractivity contribution in [1.82, 2.24) is 10.2 Å². The number of piperidine rings is 1. The number of benzene rings is 1. The molecule has 1 aliphatic rings. The highest BCUT2D eigenvalue weighted by Crippen LogP contribution is 2.20. The summed E-state index contributed by atoms with van der Waals surface area (Å²) < 4.78 is 0. The van der Waals surface area contributed by atoms with E-state index in [9.17, 15) is 9.59 Å². The van der Waals surface area contributed by atoms with Gasteiger partial charge >= 0.3 is 0 Å². The van der Waals surface area contributed by atoms with E-state index in [0.717, 1.165) is 37.9 Å². The zero-order valence-electron chi connectivity index (χ0n) is 13.1. The lowest BCUT2D eigenvalue weighted by atomic mass is 9.94. The summed E-state index contributed by atoms with van der Waals surface area (Å²) in [6.45, 7) is 3.95. The fourth-order valence-electron chi connectivity index (χ4n) is 3.02. The number of primary amides is 1. The Kier molecular flexibility index (Phi) is 5.95. The molecule has 0 saturated carbocycles. The highest BCUT2D eigenvalue weighted by Gasteiger charge is 2.25. The van der Waals surface area contributed by atoms with E-state index in [1.807, 2.05) is 42.2 Å². The summed E-state index contributed by atoms with van der Waals surface area (Å²) in [6.07, 6.45) is 2.52. The molecule has 0 spiro atoms. The van der Waals surface area contributed by atoms with Crippen LogP contribution in [0.3, 0.4) is 0 Å². The molecule has 0 radical (unpaired) electrons. The highest BCUT2D eigenvalue weighted by molar-refractivity contribution is 5.83. The fourth-order valence-corrected chi connectivity index (χ4v) is 3.02. The third kappa shape index (κ3) is 4.56. The molecule has 0 bridgehead atoms. The van der Waals surface area contributed by atoms with Crippen molar-refractivity contribution in [2.75, 3.05) is 19.6 Å². The van der Waals surface area contributed by atoms with Crippen molar-refractivity contribution in [3.05, 3.63) is 35.9 Å². The molecule has 1 saturated heterocycles. The van der Waals surface area contributed by atoms with Gasteiger partial charge in [0.05, 0.1) is 12.5 Å². The van der Waals surface area contributed by atoms with Gasteiger partial charge in [-0.2, -0.15) is 0 Å². The summed E-state index contributed by atoms with van der Waals surface area (Å²) in [4.78, 5) is 25.5. The Labute approximate surface area is 131 Å². The van der Waals surface area contributed by atoms with Crippen molar-refractivity contribution in [3.8, 4) is 0 Å². The molecule has 22 heavy (non-hydrogen) atoms. The van der Waals surface area contributed by atoms with Gasteiger partial charge in [-0.1, -0.05) is 37.3 Å². The first-order valence-electron chi connectivity index (χ1n) is 7.96. The molecule has 1 heterocycles. The van der Waals surface area contributed by atoms with Gasteiger partial charge in [0.15, 0.2) is 0 Å². The van der Waals surface area contributed by atoms with Gasteiger partial charge in [-0.05, 0) is 24.8 Å². The van der Waals surface area contributed by atoms with Gasteiger partial charge in [0.1, 0.15) is 0 Å². The van der Waals surface area contributed by atoms with E-state index >= 15 is 0 Å². The second-order valence-corrected chi connectivity index (χ2v) is 5.90. The van der Waals surface area contributed by atoms with E-state index in [0.29, 0.717) is 6.54 Å². The standard InChI is InChI=1S/C17H25N3O2/c1-2-15(13-6-4-3-5-7-13)17(22)19-14-8-10-20(11-9-14)12-16(18)21/h3-7,14-15H,2,8-12H2,1H3,(H2,18,21)(H,19,22). The molecule has 3 N–H and O–H groups in total. The number of amides is 2. The largest absolute Gasteiger partial charge is 0.369 e. The summed E-state index contributed by atoms with van der Waals surface area (Å²) >= 11 is 0. The number of likely N-dealkylation sites (tertiary alicyclic amines) is 1. The number of nitrogens with one attached hydrogen (secondary N) is 1. The molecule has 1 aliphatic heterocycles. The normalized spacial score (nSPS) is 17.9. The van der Waals surface area contributed by atoms with Crippen molar-refractivity contribution >= 4 is 11.8 Å². The molecule has 5 nitrogen and oxygen atoms in total. The molecular weight excluding hydrogens is 278 g/mol. The number of hydrogen-bond donors (Lipinski definition) is 2. The van der Waals surface area contributed by atoms with Crippen molar-refractivity contribution in [2.24, 2.45) is 5.73 Å². The summed E-state index contributed by atoms with van der Waals surface area (Å²) in [5, 5.41) is 3.16. The third-order valence-electron chi connectivity index (χ3n) is 4.24. The molecule has 0 aliphatic carbocycles. The Bertz CT molecular complexity index is 496. The second kappa shape index (κ2) is 7.94. The second-order valence-electron chi connectivity index (χ2n) is 5.90. The Morgan fingerprint density at radius 3 is 2.45 bits per heavy atom. The van der Waals surface area contributed by atoms with Crippen LogP contribution >= 0.6 is 0 Å². The van der Waals surface area contributed by atoms with Gasteiger partial charge in [0.2, 0.25) is 11.8 Å². The molecule has 1 aromatic rings. The van der Waals surface area contributed by atoms with Crippen LogP contribution in [0, 0.1) is 0 Å². The Hall–Kier alpha value is -1.88. The van der Waals surface area contributed by atoms with Gasteiger partial charge in [-0.25, -0.2) is 0 Å². The number of carbonyl (C=O) groups excluding carboxylic acids is 2. The molecule has 5 heteroatoms. The molecule has 1 atom stereocenters. The van der Waals surface area contributed by atoms with E-state index in [1.54, 1.807) is 0 Å². The highest BCUT2D eigenvalue weighted by atomic mass is 16.2. The first-order chi connectivity index (χ1) is 10.6. The Morgan fingerprint density at radius 2 is 1.91 bits per heavy atom. The number of nitrogens with two attached hydrogens (primary N) is 1. The van der Waals surface area contributed by atoms with E-state index in [1.165, 1.54) is 0 Å². The van der Waals surface area contributed by atoms with Crippen LogP contribution in [0.2, 0.25) is 0 Å². The van der Waals surface area contributed by atoms with Gasteiger partial charge in [0, 0.05) is 19.1 Å². The van der Waals surface area contributed by atoms with E-state index < -0.39 is 0 Å². The third-order valence-corrected chi connectivity index (χ3v) is 4.24. The maximum absolute atomic E-state index is 12.5. The van der Waals surface area contributed by atoms with Crippen LogP contribution in [-0.2, 0) is 9.59 Å². The maximum Gasteiger partial charge on any atom is 0.231 e. The first kappa shape index (κ1) is 16.5. The molecule has 2 amide bonds. The monoisotopic (exact) mass is 303 g/mol. The molecule has 120 valence electrons. The van der Waals surface area contributed by atoms with E-state index in [4.69, 9.17) is 5.73 Å². The average molecular weight is 303 g/mol. The lowest BCUT2D eigenvalue weighted by molar-refractivity contribution is -0.124. The zero-order valence-corrected chi connectivity index (χ0v) is 13.1. The summed E-state index contributed by atoms with van der Waals surface area (Å²) in [6, 6.07) is 10.1. The molecule has 1 aromatic carbocycles. The van der Waals surface area contributed by atoms with Crippen molar-refractivity contribution < 1.29 is 9.59 Å². The predicted octanol–water partition coefficient (Wildman–Crippen LogP) is 1.25. The first-order valence-corrected chi connectivity index (χ1v) is 7.96. The van der Waals surface area contributed by atoms with Crippen LogP contribution in [0.5, 0.6) is 0 Å². The van der Waals surface area contributed by atoms with Crippen molar-refractivity contribution in [1.29, 1.82) is 0 Å². The maximum atomic E-state index is 12.5. The number of hydrogen-bond acceptors (Lipinski definition) is 3. The van der Waals surface area contributed by atoms with Crippen LogP contribution in [0.4, 0.5) is 0 Å². The lowest BCUT2D eigenvalue weighted by Crippen LogP contribution is -2.47. The summed E-state index contributed by atoms with van der Waals surface area (Å²) in [5.74, 6) is -0.287. The van der Waals surface area contributed by atoms with Gasteiger partial charge in [0.25, 0.3) is 0 Å². The van der Waals surface area contributed by atoms with Crippen LogP contribution in [-0.4, -0.2) is 42.4 Å². The fraction of sp³-hybridized carbons (Fsp3) is 0.529. The molecule has 0 aromatic heterocycles. The summed E-state index contributed by atoms with van der Waals surface area (Å²) in [5.41, 5.74) is 6.27. The lowest BCUT2D eigenvalue weighted by Gasteiger charge is -2.32. The van der Waals surface area contributed by atoms with Gasteiger partial charge in [-0.3, -0.25) is 14.5 Å². The molecule has 1 fully saturated rings. The van der Waals surface area contributed by atoms with E-state index in [-0.39, 0.29) is 23.8 Å². The minimum Gasteiger partial charge on any atom is -0.369 e. The quantitative estimate of drug-likeness (QED) is 0.830. The minimum absolute atomic E-state index is 0.0927. The van der Waals surface area contributed by atoms with Gasteiger partial charge in [-0.15, -0.1) is 0 Å². The predicted molar refractivity (Wildman–Crippen MR) is 86.3 cm³/mol. The molecule has 1 unspecified atom stereocenters. The zero-order chi connectivity index (χ0) is 15.9. The average Bonchev–Trinajstić information content (AvgIpc) is 2.50. The number of nitrogens with zero attached hydrogens (tertiary/aromatic N) is 1. The van der Waals surface area contributed by atoms with Crippen molar-refractivity contribution in [2.45, 2.75) is 38.1 Å². The molecular formula is C17H25N3O2. The number of carbonyl (C=O) groups is 2. The Morgan fingerprint density at radius 1 is 1.27 bits per heavy atom. The van der Waals surface area contributed by atoms with Crippen LogP contribution in [0.1, 0.15) is 37.7 Å². The SMILES string of the molecule is CCC(C(=O)NC1CCN(CC(N)=O)CC1)c1ccccc1. The molecule has 2 rings (SSSR count). The topological polar surface area (TPSA) is 75.4 Å². The smallest absolute Gasteiger partial charge is 0.231 e. The summed E-state index contributed by atoms with van der Waals surface area (Å²) in [7, 11) is 0. The Balaban J connectivity index is 1.86. The number of rotatable bonds is 6. The van der Waals surface area contributed by atoms with E-state index in [2.05, 4.69) is 5.32 Å². The van der Waals surface area contributed by atoms with Gasteiger partial charge < -0.3 is 11.1 Å². The van der Waals surface area contributed by atoms with Crippen LogP contribution < -0.4 is 11.1 Å². The van der Waals surface area contributed by atoms with Crippen LogP contribution in [0.25, 0.3) is 0 Å². The van der Waals surface area contributed by atoms with Crippen LogP contribution in [0.15, 0.2) is 30.3 Å².